The van der Waals surface area contributed by atoms with Gasteiger partial charge in [0.05, 0.1) is 6.26 Å². The number of amides is 1. The number of carbonyl (C=O) groups excluding carboxylic acids is 1. The molecule has 124 valence electrons. The summed E-state index contributed by atoms with van der Waals surface area (Å²) < 4.78 is 10.3. The van der Waals surface area contributed by atoms with Crippen LogP contribution in [0.2, 0.25) is 0 Å². The Hall–Kier alpha value is -2.93. The zero-order valence-electron chi connectivity index (χ0n) is 12.9. The molecule has 0 bridgehead atoms. The zero-order chi connectivity index (χ0) is 16.8. The number of furan rings is 1. The predicted octanol–water partition coefficient (Wildman–Crippen LogP) is 2.44. The van der Waals surface area contributed by atoms with E-state index in [0.717, 1.165) is 5.56 Å². The van der Waals surface area contributed by atoms with Crippen LogP contribution in [0.25, 0.3) is 11.6 Å². The van der Waals surface area contributed by atoms with Crippen molar-refractivity contribution in [3.63, 3.8) is 0 Å². The van der Waals surface area contributed by atoms with E-state index in [-0.39, 0.29) is 18.9 Å². The predicted molar refractivity (Wildman–Crippen MR) is 86.2 cm³/mol. The van der Waals surface area contributed by atoms with Gasteiger partial charge in [-0.1, -0.05) is 17.3 Å². The van der Waals surface area contributed by atoms with Crippen molar-refractivity contribution in [3.8, 4) is 11.6 Å². The van der Waals surface area contributed by atoms with E-state index in [1.54, 1.807) is 12.1 Å². The van der Waals surface area contributed by atoms with Crippen LogP contribution >= 0.6 is 0 Å². The van der Waals surface area contributed by atoms with Gasteiger partial charge in [-0.3, -0.25) is 4.79 Å². The first-order valence-electron chi connectivity index (χ1n) is 7.61. The maximum atomic E-state index is 12.0. The quantitative estimate of drug-likeness (QED) is 0.691. The second-order valence-electron chi connectivity index (χ2n) is 5.21. The molecule has 0 saturated carbocycles. The molecule has 0 spiro atoms. The number of rotatable bonds is 7. The number of aliphatic hydroxyl groups is 1. The standard InChI is InChI=1S/C17H17N3O4/c21-10-9-12-3-5-13(6-4-12)18-15(22)7-8-16-19-17(20-24-16)14-2-1-11-23-14/h1-6,11,21H,7-10H2,(H,18,22). The molecule has 1 amide bonds. The van der Waals surface area contributed by atoms with E-state index < -0.39 is 0 Å². The summed E-state index contributed by atoms with van der Waals surface area (Å²) in [6.45, 7) is 0.107. The third-order valence-electron chi connectivity index (χ3n) is 3.41. The van der Waals surface area contributed by atoms with Gasteiger partial charge in [-0.15, -0.1) is 0 Å². The van der Waals surface area contributed by atoms with Crippen LogP contribution < -0.4 is 5.32 Å². The first-order valence-corrected chi connectivity index (χ1v) is 7.61. The van der Waals surface area contributed by atoms with E-state index in [0.29, 0.717) is 36.0 Å². The van der Waals surface area contributed by atoms with Crippen molar-refractivity contribution >= 4 is 11.6 Å². The molecular weight excluding hydrogens is 310 g/mol. The minimum atomic E-state index is -0.136. The first kappa shape index (κ1) is 15.9. The number of hydrogen-bond acceptors (Lipinski definition) is 6. The van der Waals surface area contributed by atoms with Crippen LogP contribution in [0.4, 0.5) is 5.69 Å². The van der Waals surface area contributed by atoms with Gasteiger partial charge in [-0.2, -0.15) is 4.98 Å². The molecule has 7 nitrogen and oxygen atoms in total. The Bertz CT molecular complexity index is 779. The van der Waals surface area contributed by atoms with Gasteiger partial charge >= 0.3 is 0 Å². The summed E-state index contributed by atoms with van der Waals surface area (Å²) in [4.78, 5) is 16.2. The smallest absolute Gasteiger partial charge is 0.238 e. The van der Waals surface area contributed by atoms with Gasteiger partial charge in [0.15, 0.2) is 5.76 Å². The average Bonchev–Trinajstić information content (AvgIpc) is 3.26. The monoisotopic (exact) mass is 327 g/mol. The van der Waals surface area contributed by atoms with E-state index in [1.165, 1.54) is 6.26 Å². The van der Waals surface area contributed by atoms with E-state index in [2.05, 4.69) is 15.5 Å². The molecule has 2 aromatic heterocycles. The van der Waals surface area contributed by atoms with Crippen molar-refractivity contribution in [1.29, 1.82) is 0 Å². The van der Waals surface area contributed by atoms with Crippen molar-refractivity contribution in [2.45, 2.75) is 19.3 Å². The summed E-state index contributed by atoms with van der Waals surface area (Å²) >= 11 is 0. The molecule has 3 rings (SSSR count). The summed E-state index contributed by atoms with van der Waals surface area (Å²) in [7, 11) is 0. The molecule has 7 heteroatoms. The molecule has 0 radical (unpaired) electrons. The van der Waals surface area contributed by atoms with Crippen LogP contribution in [0, 0.1) is 0 Å². The number of aliphatic hydroxyl groups excluding tert-OH is 1. The summed E-state index contributed by atoms with van der Waals surface area (Å²) in [5, 5.41) is 15.5. The van der Waals surface area contributed by atoms with Crippen LogP contribution in [-0.4, -0.2) is 27.8 Å². The van der Waals surface area contributed by atoms with Crippen molar-refractivity contribution < 1.29 is 18.8 Å². The van der Waals surface area contributed by atoms with Crippen molar-refractivity contribution in [2.24, 2.45) is 0 Å². The van der Waals surface area contributed by atoms with Crippen LogP contribution in [-0.2, 0) is 17.6 Å². The summed E-state index contributed by atoms with van der Waals surface area (Å²) in [5.41, 5.74) is 1.73. The zero-order valence-corrected chi connectivity index (χ0v) is 12.9. The highest BCUT2D eigenvalue weighted by atomic mass is 16.5. The molecule has 1 aromatic carbocycles. The molecule has 0 atom stereocenters. The molecule has 0 unspecified atom stereocenters. The Balaban J connectivity index is 1.50. The Kier molecular flexibility index (Phi) is 5.02. The number of anilines is 1. The second-order valence-corrected chi connectivity index (χ2v) is 5.21. The summed E-state index contributed by atoms with van der Waals surface area (Å²) in [6, 6.07) is 10.8. The summed E-state index contributed by atoms with van der Waals surface area (Å²) in [5.74, 6) is 1.14. The van der Waals surface area contributed by atoms with Gasteiger partial charge in [-0.05, 0) is 36.2 Å². The van der Waals surface area contributed by atoms with Crippen molar-refractivity contribution in [3.05, 3.63) is 54.1 Å². The van der Waals surface area contributed by atoms with Gasteiger partial charge in [0.1, 0.15) is 0 Å². The molecule has 2 N–H and O–H groups in total. The Morgan fingerprint density at radius 3 is 2.71 bits per heavy atom. The third kappa shape index (κ3) is 4.08. The lowest BCUT2D eigenvalue weighted by atomic mass is 10.1. The van der Waals surface area contributed by atoms with Gasteiger partial charge in [0.2, 0.25) is 17.6 Å². The fraction of sp³-hybridized carbons (Fsp3) is 0.235. The van der Waals surface area contributed by atoms with Crippen LogP contribution in [0.3, 0.4) is 0 Å². The molecule has 0 fully saturated rings. The number of aromatic nitrogens is 2. The number of benzene rings is 1. The number of hydrogen-bond donors (Lipinski definition) is 2. The van der Waals surface area contributed by atoms with Crippen molar-refractivity contribution in [1.82, 2.24) is 10.1 Å². The maximum Gasteiger partial charge on any atom is 0.238 e. The molecular formula is C17H17N3O4. The van der Waals surface area contributed by atoms with Gasteiger partial charge in [0.25, 0.3) is 0 Å². The minimum Gasteiger partial charge on any atom is -0.461 e. The van der Waals surface area contributed by atoms with E-state index in [9.17, 15) is 4.79 Å². The first-order chi connectivity index (χ1) is 11.7. The van der Waals surface area contributed by atoms with Gasteiger partial charge in [-0.25, -0.2) is 0 Å². The molecule has 0 aliphatic rings. The fourth-order valence-electron chi connectivity index (χ4n) is 2.19. The molecule has 0 saturated heterocycles. The van der Waals surface area contributed by atoms with Gasteiger partial charge in [0, 0.05) is 25.1 Å². The minimum absolute atomic E-state index is 0.107. The molecule has 0 aliphatic carbocycles. The number of carbonyl (C=O) groups is 1. The molecule has 24 heavy (non-hydrogen) atoms. The molecule has 3 aromatic rings. The highest BCUT2D eigenvalue weighted by Crippen LogP contribution is 2.16. The van der Waals surface area contributed by atoms with Crippen LogP contribution in [0.5, 0.6) is 0 Å². The van der Waals surface area contributed by atoms with Crippen LogP contribution in [0.1, 0.15) is 17.9 Å². The van der Waals surface area contributed by atoms with E-state index in [1.807, 2.05) is 24.3 Å². The fourth-order valence-corrected chi connectivity index (χ4v) is 2.19. The SMILES string of the molecule is O=C(CCc1nc(-c2ccco2)no1)Nc1ccc(CCO)cc1. The van der Waals surface area contributed by atoms with Crippen molar-refractivity contribution in [2.75, 3.05) is 11.9 Å². The summed E-state index contributed by atoms with van der Waals surface area (Å²) in [6.07, 6.45) is 2.72. The molecule has 2 heterocycles. The maximum absolute atomic E-state index is 12.0. The third-order valence-corrected chi connectivity index (χ3v) is 3.41. The lowest BCUT2D eigenvalue weighted by molar-refractivity contribution is -0.116. The lowest BCUT2D eigenvalue weighted by Gasteiger charge is -2.05. The van der Waals surface area contributed by atoms with Crippen LogP contribution in [0.15, 0.2) is 51.6 Å². The normalized spacial score (nSPS) is 10.7. The average molecular weight is 327 g/mol. The number of aryl methyl sites for hydroxylation is 1. The lowest BCUT2D eigenvalue weighted by Crippen LogP contribution is -2.12. The number of nitrogens with zero attached hydrogens (tertiary/aromatic N) is 2. The van der Waals surface area contributed by atoms with Gasteiger partial charge < -0.3 is 19.4 Å². The molecule has 0 aliphatic heterocycles. The Morgan fingerprint density at radius 1 is 1.17 bits per heavy atom. The topological polar surface area (TPSA) is 101 Å². The van der Waals surface area contributed by atoms with E-state index >= 15 is 0 Å². The highest BCUT2D eigenvalue weighted by Gasteiger charge is 2.12. The Labute approximate surface area is 138 Å². The second kappa shape index (κ2) is 7.56. The number of nitrogens with one attached hydrogen (secondary N) is 1. The van der Waals surface area contributed by atoms with E-state index in [4.69, 9.17) is 14.0 Å². The Morgan fingerprint density at radius 2 is 2.00 bits per heavy atom. The highest BCUT2D eigenvalue weighted by molar-refractivity contribution is 5.90. The largest absolute Gasteiger partial charge is 0.461 e.